The zero-order valence-corrected chi connectivity index (χ0v) is 25.1. The molecule has 224 valence electrons. The average Bonchev–Trinajstić information content (AvgIpc) is 3.17. The number of amides is 3. The third kappa shape index (κ3) is 13.9. The van der Waals surface area contributed by atoms with Gasteiger partial charge in [0, 0.05) is 24.6 Å². The summed E-state index contributed by atoms with van der Waals surface area (Å²) in [6, 6.07) is -2.99. The molecule has 1 rings (SSSR count). The van der Waals surface area contributed by atoms with Crippen molar-refractivity contribution >= 4 is 33.7 Å². The van der Waals surface area contributed by atoms with Crippen molar-refractivity contribution in [3.8, 4) is 0 Å². The van der Waals surface area contributed by atoms with Crippen molar-refractivity contribution < 1.29 is 37.1 Å². The largest absolute Gasteiger partial charge is 0.463 e. The van der Waals surface area contributed by atoms with E-state index in [9.17, 15) is 27.6 Å². The van der Waals surface area contributed by atoms with Gasteiger partial charge in [-0.1, -0.05) is 19.9 Å². The van der Waals surface area contributed by atoms with Gasteiger partial charge in [0.2, 0.25) is 27.7 Å². The predicted molar refractivity (Wildman–Crippen MR) is 147 cm³/mol. The van der Waals surface area contributed by atoms with Crippen LogP contribution in [0.3, 0.4) is 0 Å². The summed E-state index contributed by atoms with van der Waals surface area (Å²) in [7, 11) is -3.79. The van der Waals surface area contributed by atoms with E-state index in [4.69, 9.17) is 9.47 Å². The first-order valence-corrected chi connectivity index (χ1v) is 15.2. The molecule has 1 aliphatic rings. The third-order valence-electron chi connectivity index (χ3n) is 5.75. The molecule has 0 bridgehead atoms. The predicted octanol–water partition coefficient (Wildman–Crippen LogP) is 0.769. The molecule has 0 aromatic rings. The van der Waals surface area contributed by atoms with E-state index in [0.717, 1.165) is 6.26 Å². The Hall–Kier alpha value is -2.51. The molecule has 1 heterocycles. The first-order chi connectivity index (χ1) is 17.9. The standard InChI is InChI=1S/C26H46N4O8S/c1-9-37-21(31)11-10-19(15-18-12-13-27-23(18)32)28-24(33)20(14-16(2)3)29-25(34)22(30-39(8,35)36)17(4)38-26(5,6)7/h10-11,16-20,22,30H,9,12-15H2,1-8H3,(H,27,32)(H,28,33)(H,29,34)/b11-10+/t17?,18-,19+,20-,22-/m0/s1. The molecule has 1 fully saturated rings. The van der Waals surface area contributed by atoms with Crippen molar-refractivity contribution in [1.29, 1.82) is 0 Å². The summed E-state index contributed by atoms with van der Waals surface area (Å²) in [4.78, 5) is 50.8. The first-order valence-electron chi connectivity index (χ1n) is 13.3. The van der Waals surface area contributed by atoms with Crippen LogP contribution in [0, 0.1) is 11.8 Å². The summed E-state index contributed by atoms with van der Waals surface area (Å²) in [5, 5.41) is 8.26. The van der Waals surface area contributed by atoms with Gasteiger partial charge in [-0.15, -0.1) is 0 Å². The van der Waals surface area contributed by atoms with E-state index < -0.39 is 57.6 Å². The molecule has 3 amide bonds. The number of carbonyl (C=O) groups is 4. The van der Waals surface area contributed by atoms with Crippen LogP contribution in [0.1, 0.15) is 67.7 Å². The number of esters is 1. The second-order valence-electron chi connectivity index (χ2n) is 11.2. The lowest BCUT2D eigenvalue weighted by atomic mass is 9.96. The number of rotatable bonds is 15. The normalized spacial score (nSPS) is 19.3. The Morgan fingerprint density at radius 3 is 2.26 bits per heavy atom. The maximum atomic E-state index is 13.4. The van der Waals surface area contributed by atoms with Crippen molar-refractivity contribution in [3.63, 3.8) is 0 Å². The Labute approximate surface area is 232 Å². The molecule has 39 heavy (non-hydrogen) atoms. The van der Waals surface area contributed by atoms with Gasteiger partial charge in [0.15, 0.2) is 0 Å². The van der Waals surface area contributed by atoms with Crippen LogP contribution in [0.25, 0.3) is 0 Å². The summed E-state index contributed by atoms with van der Waals surface area (Å²) in [6.45, 7) is 13.1. The molecule has 1 saturated heterocycles. The quantitative estimate of drug-likeness (QED) is 0.164. The monoisotopic (exact) mass is 574 g/mol. The van der Waals surface area contributed by atoms with Crippen molar-refractivity contribution in [2.24, 2.45) is 11.8 Å². The van der Waals surface area contributed by atoms with Crippen molar-refractivity contribution in [2.75, 3.05) is 19.4 Å². The Morgan fingerprint density at radius 1 is 1.13 bits per heavy atom. The van der Waals surface area contributed by atoms with Crippen LogP contribution in [0.2, 0.25) is 0 Å². The molecule has 5 atom stereocenters. The zero-order valence-electron chi connectivity index (χ0n) is 24.3. The maximum absolute atomic E-state index is 13.4. The van der Waals surface area contributed by atoms with Gasteiger partial charge >= 0.3 is 5.97 Å². The van der Waals surface area contributed by atoms with E-state index in [0.29, 0.717) is 13.0 Å². The van der Waals surface area contributed by atoms with Gasteiger partial charge in [-0.2, -0.15) is 0 Å². The highest BCUT2D eigenvalue weighted by molar-refractivity contribution is 7.88. The maximum Gasteiger partial charge on any atom is 0.330 e. The highest BCUT2D eigenvalue weighted by atomic mass is 32.2. The summed E-state index contributed by atoms with van der Waals surface area (Å²) in [5.74, 6) is -2.31. The molecule has 0 radical (unpaired) electrons. The fourth-order valence-electron chi connectivity index (χ4n) is 4.21. The van der Waals surface area contributed by atoms with E-state index in [-0.39, 0.29) is 37.2 Å². The van der Waals surface area contributed by atoms with E-state index >= 15 is 0 Å². The van der Waals surface area contributed by atoms with E-state index in [1.54, 1.807) is 34.6 Å². The number of hydrogen-bond acceptors (Lipinski definition) is 8. The molecule has 1 unspecified atom stereocenters. The number of hydrogen-bond donors (Lipinski definition) is 4. The first kappa shape index (κ1) is 34.5. The lowest BCUT2D eigenvalue weighted by Crippen LogP contribution is -2.58. The van der Waals surface area contributed by atoms with Crippen LogP contribution in [0.4, 0.5) is 0 Å². The smallest absolute Gasteiger partial charge is 0.330 e. The molecule has 1 aliphatic heterocycles. The number of carbonyl (C=O) groups excluding carboxylic acids is 4. The average molecular weight is 575 g/mol. The fraction of sp³-hybridized carbons (Fsp3) is 0.769. The van der Waals surface area contributed by atoms with Gasteiger partial charge in [-0.3, -0.25) is 14.4 Å². The summed E-state index contributed by atoms with van der Waals surface area (Å²) in [6.07, 6.45) is 3.88. The van der Waals surface area contributed by atoms with Gasteiger partial charge in [-0.25, -0.2) is 17.9 Å². The second-order valence-corrected chi connectivity index (χ2v) is 13.0. The van der Waals surface area contributed by atoms with Crippen molar-refractivity contribution in [3.05, 3.63) is 12.2 Å². The summed E-state index contributed by atoms with van der Waals surface area (Å²) in [5.41, 5.74) is -0.656. The van der Waals surface area contributed by atoms with Crippen LogP contribution < -0.4 is 20.7 Å². The van der Waals surface area contributed by atoms with Crippen LogP contribution in [-0.4, -0.2) is 81.3 Å². The van der Waals surface area contributed by atoms with Crippen LogP contribution >= 0.6 is 0 Å². The van der Waals surface area contributed by atoms with Gasteiger partial charge in [0.1, 0.15) is 12.1 Å². The number of sulfonamides is 1. The van der Waals surface area contributed by atoms with E-state index in [2.05, 4.69) is 20.7 Å². The molecule has 13 heteroatoms. The Bertz CT molecular complexity index is 990. The number of nitrogens with one attached hydrogen (secondary N) is 4. The van der Waals surface area contributed by atoms with Crippen molar-refractivity contribution in [2.45, 2.75) is 97.6 Å². The highest BCUT2D eigenvalue weighted by Gasteiger charge is 2.35. The Morgan fingerprint density at radius 2 is 1.77 bits per heavy atom. The van der Waals surface area contributed by atoms with Gasteiger partial charge in [0.25, 0.3) is 0 Å². The molecular weight excluding hydrogens is 528 g/mol. The van der Waals surface area contributed by atoms with Crippen LogP contribution in [-0.2, 0) is 38.7 Å². The van der Waals surface area contributed by atoms with Gasteiger partial charge in [-0.05, 0) is 59.8 Å². The van der Waals surface area contributed by atoms with Crippen molar-refractivity contribution in [1.82, 2.24) is 20.7 Å². The minimum atomic E-state index is -3.79. The van der Waals surface area contributed by atoms with Gasteiger partial charge < -0.3 is 25.4 Å². The molecular formula is C26H46N4O8S. The molecule has 0 saturated carbocycles. The number of ether oxygens (including phenoxy) is 2. The molecule has 12 nitrogen and oxygen atoms in total. The summed E-state index contributed by atoms with van der Waals surface area (Å²) < 4.78 is 37.1. The molecule has 0 aromatic carbocycles. The second kappa shape index (κ2) is 15.3. The minimum Gasteiger partial charge on any atom is -0.463 e. The van der Waals surface area contributed by atoms with E-state index in [1.807, 2.05) is 13.8 Å². The molecule has 4 N–H and O–H groups in total. The van der Waals surface area contributed by atoms with E-state index in [1.165, 1.54) is 12.2 Å². The molecule has 0 spiro atoms. The molecule has 0 aromatic heterocycles. The van der Waals surface area contributed by atoms with Crippen LogP contribution in [0.15, 0.2) is 12.2 Å². The Balaban J connectivity index is 3.17. The molecule has 0 aliphatic carbocycles. The zero-order chi connectivity index (χ0) is 30.0. The highest BCUT2D eigenvalue weighted by Crippen LogP contribution is 2.18. The Kier molecular flexibility index (Phi) is 13.6. The fourth-order valence-corrected chi connectivity index (χ4v) is 4.97. The van der Waals surface area contributed by atoms with Crippen LogP contribution in [0.5, 0.6) is 0 Å². The minimum absolute atomic E-state index is 0.000232. The lowest BCUT2D eigenvalue weighted by Gasteiger charge is -2.31. The summed E-state index contributed by atoms with van der Waals surface area (Å²) >= 11 is 0. The SMILES string of the molecule is CCOC(=O)/C=C/[C@H](C[C@@H]1CCNC1=O)NC(=O)[C@H](CC(C)C)NC(=O)[C@@H](NS(C)(=O)=O)C(C)OC(C)(C)C. The van der Waals surface area contributed by atoms with Gasteiger partial charge in [0.05, 0.1) is 24.6 Å². The topological polar surface area (TPSA) is 169 Å². The lowest BCUT2D eigenvalue weighted by molar-refractivity contribution is -0.137. The third-order valence-corrected chi connectivity index (χ3v) is 6.43.